The van der Waals surface area contributed by atoms with Crippen molar-refractivity contribution in [3.63, 3.8) is 0 Å². The third-order valence-corrected chi connectivity index (χ3v) is 4.04. The van der Waals surface area contributed by atoms with Crippen LogP contribution in [0.4, 0.5) is 11.4 Å². The van der Waals surface area contributed by atoms with Crippen LogP contribution in [0.5, 0.6) is 0 Å². The van der Waals surface area contributed by atoms with Gasteiger partial charge in [0.1, 0.15) is 11.5 Å². The SMILES string of the molecule is CC(=O)c1ccc(N(C)Cc2nc3ccccc3c(=O)[nH]2)c([N+](=O)[O-])c1. The van der Waals surface area contributed by atoms with Gasteiger partial charge < -0.3 is 9.88 Å². The number of rotatable bonds is 5. The number of ketones is 1. The van der Waals surface area contributed by atoms with Gasteiger partial charge in [0.05, 0.1) is 22.4 Å². The van der Waals surface area contributed by atoms with Crippen molar-refractivity contribution < 1.29 is 9.72 Å². The predicted molar refractivity (Wildman–Crippen MR) is 97.6 cm³/mol. The van der Waals surface area contributed by atoms with Crippen molar-refractivity contribution in [3.8, 4) is 0 Å². The number of benzene rings is 2. The van der Waals surface area contributed by atoms with Gasteiger partial charge in [-0.1, -0.05) is 12.1 Å². The van der Waals surface area contributed by atoms with Gasteiger partial charge in [-0.05, 0) is 31.2 Å². The second-order valence-corrected chi connectivity index (χ2v) is 5.90. The largest absolute Gasteiger partial charge is 0.362 e. The molecule has 1 heterocycles. The molecule has 132 valence electrons. The zero-order valence-corrected chi connectivity index (χ0v) is 14.2. The van der Waals surface area contributed by atoms with Crippen LogP contribution in [0.25, 0.3) is 10.9 Å². The van der Waals surface area contributed by atoms with Gasteiger partial charge in [-0.3, -0.25) is 19.7 Å². The summed E-state index contributed by atoms with van der Waals surface area (Å²) in [5.74, 6) is 0.143. The molecule has 3 rings (SSSR count). The van der Waals surface area contributed by atoms with Crippen LogP contribution in [0.2, 0.25) is 0 Å². The summed E-state index contributed by atoms with van der Waals surface area (Å²) >= 11 is 0. The van der Waals surface area contributed by atoms with E-state index in [9.17, 15) is 19.7 Å². The van der Waals surface area contributed by atoms with Gasteiger partial charge in [0, 0.05) is 18.7 Å². The van der Waals surface area contributed by atoms with E-state index >= 15 is 0 Å². The molecule has 8 nitrogen and oxygen atoms in total. The number of carbonyl (C=O) groups excluding carboxylic acids is 1. The van der Waals surface area contributed by atoms with Crippen LogP contribution < -0.4 is 10.5 Å². The van der Waals surface area contributed by atoms with Crippen molar-refractivity contribution in [1.29, 1.82) is 0 Å². The third kappa shape index (κ3) is 3.30. The Morgan fingerprint density at radius 3 is 2.69 bits per heavy atom. The van der Waals surface area contributed by atoms with Gasteiger partial charge in [0.2, 0.25) is 0 Å². The molecule has 0 bridgehead atoms. The van der Waals surface area contributed by atoms with E-state index in [1.54, 1.807) is 36.2 Å². The standard InChI is InChI=1S/C18H16N4O4/c1-11(23)12-7-8-15(16(9-12)22(25)26)21(2)10-17-19-14-6-4-3-5-13(14)18(24)20-17/h3-9H,10H2,1-2H3,(H,19,20,24). The summed E-state index contributed by atoms with van der Waals surface area (Å²) in [6.07, 6.45) is 0. The molecule has 0 aliphatic carbocycles. The van der Waals surface area contributed by atoms with E-state index < -0.39 is 4.92 Å². The Bertz CT molecular complexity index is 1070. The third-order valence-electron chi connectivity index (χ3n) is 4.04. The van der Waals surface area contributed by atoms with Crippen molar-refractivity contribution in [2.45, 2.75) is 13.5 Å². The maximum atomic E-state index is 12.2. The second kappa shape index (κ2) is 6.75. The molecule has 0 aliphatic rings. The van der Waals surface area contributed by atoms with E-state index in [1.807, 2.05) is 0 Å². The normalized spacial score (nSPS) is 10.7. The quantitative estimate of drug-likeness (QED) is 0.429. The summed E-state index contributed by atoms with van der Waals surface area (Å²) in [5.41, 5.74) is 0.715. The lowest BCUT2D eigenvalue weighted by atomic mass is 10.1. The van der Waals surface area contributed by atoms with E-state index in [0.717, 1.165) is 0 Å². The molecule has 0 unspecified atom stereocenters. The van der Waals surface area contributed by atoms with Gasteiger partial charge >= 0.3 is 0 Å². The number of nitro benzene ring substituents is 1. The van der Waals surface area contributed by atoms with Crippen LogP contribution >= 0.6 is 0 Å². The molecule has 0 saturated carbocycles. The molecule has 0 atom stereocenters. The zero-order valence-electron chi connectivity index (χ0n) is 14.2. The summed E-state index contributed by atoms with van der Waals surface area (Å²) < 4.78 is 0. The number of para-hydroxylation sites is 1. The molecular formula is C18H16N4O4. The number of hydrogen-bond acceptors (Lipinski definition) is 6. The number of H-pyrrole nitrogens is 1. The van der Waals surface area contributed by atoms with Crippen molar-refractivity contribution in [2.75, 3.05) is 11.9 Å². The van der Waals surface area contributed by atoms with Crippen LogP contribution in [0.3, 0.4) is 0 Å². The summed E-state index contributed by atoms with van der Waals surface area (Å²) in [4.78, 5) is 43.2. The molecule has 0 fully saturated rings. The Morgan fingerprint density at radius 1 is 1.27 bits per heavy atom. The molecular weight excluding hydrogens is 336 g/mol. The minimum Gasteiger partial charge on any atom is -0.362 e. The number of nitro groups is 1. The van der Waals surface area contributed by atoms with Crippen LogP contribution in [0.1, 0.15) is 23.1 Å². The second-order valence-electron chi connectivity index (χ2n) is 5.90. The number of Topliss-reactive ketones (excluding diaryl/α,β-unsaturated/α-hetero) is 1. The van der Waals surface area contributed by atoms with Crippen LogP contribution in [0, 0.1) is 10.1 Å². The van der Waals surface area contributed by atoms with Crippen LogP contribution in [-0.4, -0.2) is 27.7 Å². The Balaban J connectivity index is 1.98. The lowest BCUT2D eigenvalue weighted by Crippen LogP contribution is -2.22. The highest BCUT2D eigenvalue weighted by molar-refractivity contribution is 5.95. The minimum atomic E-state index is -0.533. The molecule has 26 heavy (non-hydrogen) atoms. The first kappa shape index (κ1) is 17.3. The summed E-state index contributed by atoms with van der Waals surface area (Å²) in [6, 6.07) is 11.3. The highest BCUT2D eigenvalue weighted by Gasteiger charge is 2.20. The molecule has 0 amide bonds. The number of fused-ring (bicyclic) bond motifs is 1. The fourth-order valence-corrected chi connectivity index (χ4v) is 2.73. The number of anilines is 1. The predicted octanol–water partition coefficient (Wildman–Crippen LogP) is 2.67. The molecule has 0 radical (unpaired) electrons. The van der Waals surface area contributed by atoms with E-state index in [-0.39, 0.29) is 29.1 Å². The number of aromatic amines is 1. The summed E-state index contributed by atoms with van der Waals surface area (Å²) in [7, 11) is 1.66. The average molecular weight is 352 g/mol. The number of nitrogens with zero attached hydrogens (tertiary/aromatic N) is 3. The first-order valence-electron chi connectivity index (χ1n) is 7.85. The van der Waals surface area contributed by atoms with Crippen molar-refractivity contribution in [1.82, 2.24) is 9.97 Å². The highest BCUT2D eigenvalue weighted by Crippen LogP contribution is 2.29. The Labute approximate surface area is 148 Å². The minimum absolute atomic E-state index is 0.167. The van der Waals surface area contributed by atoms with Crippen molar-refractivity contribution >= 4 is 28.1 Å². The summed E-state index contributed by atoms with van der Waals surface area (Å²) in [5, 5.41) is 11.9. The first-order valence-corrected chi connectivity index (χ1v) is 7.85. The fraction of sp³-hybridized carbons (Fsp3) is 0.167. The Morgan fingerprint density at radius 2 is 2.00 bits per heavy atom. The van der Waals surface area contributed by atoms with Gasteiger partial charge in [-0.2, -0.15) is 0 Å². The molecule has 0 aliphatic heterocycles. The molecule has 0 saturated heterocycles. The van der Waals surface area contributed by atoms with E-state index in [4.69, 9.17) is 0 Å². The maximum Gasteiger partial charge on any atom is 0.293 e. The molecule has 8 heteroatoms. The highest BCUT2D eigenvalue weighted by atomic mass is 16.6. The monoisotopic (exact) mass is 352 g/mol. The Kier molecular flexibility index (Phi) is 4.49. The van der Waals surface area contributed by atoms with Gasteiger partial charge in [0.15, 0.2) is 5.78 Å². The van der Waals surface area contributed by atoms with Gasteiger partial charge in [-0.25, -0.2) is 4.98 Å². The van der Waals surface area contributed by atoms with Crippen molar-refractivity contribution in [2.24, 2.45) is 0 Å². The lowest BCUT2D eigenvalue weighted by Gasteiger charge is -2.19. The summed E-state index contributed by atoms with van der Waals surface area (Å²) in [6.45, 7) is 1.52. The van der Waals surface area contributed by atoms with Gasteiger partial charge in [-0.15, -0.1) is 0 Å². The smallest absolute Gasteiger partial charge is 0.293 e. The number of nitrogens with one attached hydrogen (secondary N) is 1. The maximum absolute atomic E-state index is 12.2. The zero-order chi connectivity index (χ0) is 18.8. The number of carbonyl (C=O) groups is 1. The molecule has 2 aromatic carbocycles. The Hall–Kier alpha value is -3.55. The average Bonchev–Trinajstić information content (AvgIpc) is 2.61. The first-order chi connectivity index (χ1) is 12.4. The van der Waals surface area contributed by atoms with E-state index in [2.05, 4.69) is 9.97 Å². The van der Waals surface area contributed by atoms with Gasteiger partial charge in [0.25, 0.3) is 11.2 Å². The topological polar surface area (TPSA) is 109 Å². The van der Waals surface area contributed by atoms with E-state index in [1.165, 1.54) is 25.1 Å². The van der Waals surface area contributed by atoms with Crippen molar-refractivity contribution in [3.05, 3.63) is 74.3 Å². The van der Waals surface area contributed by atoms with Crippen LogP contribution in [-0.2, 0) is 6.54 Å². The molecule has 3 aromatic rings. The van der Waals surface area contributed by atoms with Crippen LogP contribution in [0.15, 0.2) is 47.3 Å². The molecule has 1 N–H and O–H groups in total. The number of aromatic nitrogens is 2. The molecule has 1 aromatic heterocycles. The van der Waals surface area contributed by atoms with E-state index in [0.29, 0.717) is 22.4 Å². The molecule has 0 spiro atoms. The fourth-order valence-electron chi connectivity index (χ4n) is 2.73. The lowest BCUT2D eigenvalue weighted by molar-refractivity contribution is -0.384. The number of hydrogen-bond donors (Lipinski definition) is 1.